The summed E-state index contributed by atoms with van der Waals surface area (Å²) in [4.78, 5) is 5.69. The van der Waals surface area contributed by atoms with Gasteiger partial charge in [-0.05, 0) is 26.0 Å². The number of benzene rings is 1. The second-order valence-corrected chi connectivity index (χ2v) is 5.24. The molecule has 1 heterocycles. The van der Waals surface area contributed by atoms with Crippen LogP contribution < -0.4 is 5.43 Å². The first-order chi connectivity index (χ1) is 9.63. The average Bonchev–Trinajstić information content (AvgIpc) is 2.80. The number of rotatable bonds is 3. The van der Waals surface area contributed by atoms with Crippen LogP contribution in [-0.2, 0) is 0 Å². The van der Waals surface area contributed by atoms with Crippen LogP contribution in [0.5, 0.6) is 0 Å². The van der Waals surface area contributed by atoms with E-state index in [1.54, 1.807) is 23.5 Å². The number of hydrogen-bond donors (Lipinski definition) is 1. The Morgan fingerprint density at radius 2 is 2.05 bits per heavy atom. The minimum absolute atomic E-state index is 0.212. The largest absolute Gasteiger partial charge is 0.276 e. The predicted octanol–water partition coefficient (Wildman–Crippen LogP) is 3.24. The highest BCUT2D eigenvalue weighted by Gasteiger charge is 2.06. The quantitative estimate of drug-likeness (QED) is 0.691. The Labute approximate surface area is 120 Å². The van der Waals surface area contributed by atoms with E-state index < -0.39 is 0 Å². The number of aryl methyl sites for hydroxylation is 2. The Morgan fingerprint density at radius 3 is 2.65 bits per heavy atom. The van der Waals surface area contributed by atoms with Crippen molar-refractivity contribution in [2.24, 2.45) is 5.10 Å². The van der Waals surface area contributed by atoms with Crippen molar-refractivity contribution in [2.45, 2.75) is 13.8 Å². The van der Waals surface area contributed by atoms with Crippen molar-refractivity contribution < 1.29 is 0 Å². The van der Waals surface area contributed by atoms with Crippen LogP contribution in [0.2, 0.25) is 0 Å². The van der Waals surface area contributed by atoms with Crippen molar-refractivity contribution in [3.8, 4) is 22.7 Å². The molecule has 2 rings (SSSR count). The van der Waals surface area contributed by atoms with Crippen molar-refractivity contribution in [3.05, 3.63) is 34.8 Å². The first-order valence-corrected chi connectivity index (χ1v) is 6.64. The van der Waals surface area contributed by atoms with Gasteiger partial charge in [0.2, 0.25) is 5.71 Å². The van der Waals surface area contributed by atoms with Gasteiger partial charge in [-0.1, -0.05) is 12.1 Å². The van der Waals surface area contributed by atoms with Gasteiger partial charge < -0.3 is 0 Å². The van der Waals surface area contributed by atoms with E-state index in [0.29, 0.717) is 5.69 Å². The van der Waals surface area contributed by atoms with Crippen LogP contribution >= 0.6 is 11.3 Å². The van der Waals surface area contributed by atoms with Gasteiger partial charge in [-0.3, -0.25) is 5.43 Å². The molecular formula is C14H11N5S. The lowest BCUT2D eigenvalue weighted by Crippen LogP contribution is -1.96. The van der Waals surface area contributed by atoms with E-state index in [1.165, 1.54) is 4.88 Å². The lowest BCUT2D eigenvalue weighted by molar-refractivity contribution is 1.23. The molecule has 5 nitrogen and oxygen atoms in total. The lowest BCUT2D eigenvalue weighted by Gasteiger charge is -2.02. The monoisotopic (exact) mass is 281 g/mol. The van der Waals surface area contributed by atoms with E-state index in [9.17, 15) is 0 Å². The van der Waals surface area contributed by atoms with Gasteiger partial charge in [0.25, 0.3) is 0 Å². The van der Waals surface area contributed by atoms with Crippen molar-refractivity contribution in [1.82, 2.24) is 4.98 Å². The number of hydrogen-bond acceptors (Lipinski definition) is 6. The molecule has 0 aliphatic heterocycles. The molecule has 0 radical (unpaired) electrons. The maximum absolute atomic E-state index is 8.62. The highest BCUT2D eigenvalue weighted by atomic mass is 32.1. The topological polar surface area (TPSA) is 84.9 Å². The zero-order valence-electron chi connectivity index (χ0n) is 11.0. The number of nitrogens with zero attached hydrogens (tertiary/aromatic N) is 4. The second-order valence-electron chi connectivity index (χ2n) is 4.04. The van der Waals surface area contributed by atoms with E-state index in [-0.39, 0.29) is 5.71 Å². The molecule has 0 saturated carbocycles. The fraction of sp³-hybridized carbons (Fsp3) is 0.143. The zero-order valence-corrected chi connectivity index (χ0v) is 11.8. The van der Waals surface area contributed by atoms with Crippen LogP contribution in [0.4, 0.5) is 5.69 Å². The summed E-state index contributed by atoms with van der Waals surface area (Å²) in [6, 6.07) is 10.9. The van der Waals surface area contributed by atoms with Gasteiger partial charge in [-0.15, -0.1) is 11.3 Å². The van der Waals surface area contributed by atoms with E-state index in [0.717, 1.165) is 16.3 Å². The Balaban J connectivity index is 2.27. The smallest absolute Gasteiger partial charge is 0.237 e. The van der Waals surface area contributed by atoms with Crippen LogP contribution in [0, 0.1) is 36.5 Å². The van der Waals surface area contributed by atoms with Crippen molar-refractivity contribution in [3.63, 3.8) is 0 Å². The predicted molar refractivity (Wildman–Crippen MR) is 79.3 cm³/mol. The summed E-state index contributed by atoms with van der Waals surface area (Å²) < 4.78 is 0. The third-order valence-electron chi connectivity index (χ3n) is 2.65. The average molecular weight is 281 g/mol. The Bertz CT molecular complexity index is 710. The molecule has 0 aliphatic carbocycles. The highest BCUT2D eigenvalue weighted by Crippen LogP contribution is 2.28. The maximum Gasteiger partial charge on any atom is 0.237 e. The van der Waals surface area contributed by atoms with Crippen molar-refractivity contribution in [2.75, 3.05) is 5.43 Å². The fourth-order valence-electron chi connectivity index (χ4n) is 1.51. The van der Waals surface area contributed by atoms with Crippen LogP contribution in [0.1, 0.15) is 10.6 Å². The minimum Gasteiger partial charge on any atom is -0.276 e. The van der Waals surface area contributed by atoms with Gasteiger partial charge in [0, 0.05) is 10.4 Å². The Morgan fingerprint density at radius 1 is 1.30 bits per heavy atom. The van der Waals surface area contributed by atoms with E-state index in [4.69, 9.17) is 10.5 Å². The first kappa shape index (κ1) is 13.7. The summed E-state index contributed by atoms with van der Waals surface area (Å²) in [7, 11) is 0. The van der Waals surface area contributed by atoms with E-state index in [1.807, 2.05) is 38.1 Å². The Kier molecular flexibility index (Phi) is 4.09. The first-order valence-electron chi connectivity index (χ1n) is 5.82. The molecule has 0 spiro atoms. The summed E-state index contributed by atoms with van der Waals surface area (Å²) >= 11 is 1.63. The molecule has 0 bridgehead atoms. The summed E-state index contributed by atoms with van der Waals surface area (Å²) in [6.45, 7) is 4.02. The molecule has 1 aromatic heterocycles. The van der Waals surface area contributed by atoms with Crippen LogP contribution in [-0.4, -0.2) is 10.7 Å². The third kappa shape index (κ3) is 3.00. The zero-order chi connectivity index (χ0) is 14.5. The van der Waals surface area contributed by atoms with Crippen molar-refractivity contribution >= 4 is 22.7 Å². The van der Waals surface area contributed by atoms with E-state index in [2.05, 4.69) is 15.5 Å². The molecule has 1 aromatic carbocycles. The van der Waals surface area contributed by atoms with Gasteiger partial charge in [0.1, 0.15) is 17.1 Å². The molecule has 0 amide bonds. The number of nitrogens with one attached hydrogen (secondary N) is 1. The third-order valence-corrected chi connectivity index (χ3v) is 3.77. The molecule has 6 heteroatoms. The van der Waals surface area contributed by atoms with Crippen LogP contribution in [0.15, 0.2) is 29.4 Å². The van der Waals surface area contributed by atoms with Gasteiger partial charge in [0.05, 0.1) is 11.4 Å². The summed E-state index contributed by atoms with van der Waals surface area (Å²) in [5.41, 5.74) is 5.19. The van der Waals surface area contributed by atoms with Crippen LogP contribution in [0.3, 0.4) is 0 Å². The van der Waals surface area contributed by atoms with Gasteiger partial charge in [-0.25, -0.2) is 4.98 Å². The molecule has 0 saturated heterocycles. The second kappa shape index (κ2) is 5.96. The lowest BCUT2D eigenvalue weighted by atomic mass is 10.2. The molecule has 98 valence electrons. The summed E-state index contributed by atoms with van der Waals surface area (Å²) in [6.07, 6.45) is 0. The van der Waals surface area contributed by atoms with Gasteiger partial charge in [-0.2, -0.15) is 15.6 Å². The number of hydrazone groups is 1. The van der Waals surface area contributed by atoms with Gasteiger partial charge in [0.15, 0.2) is 0 Å². The summed E-state index contributed by atoms with van der Waals surface area (Å²) in [5, 5.41) is 21.9. The molecule has 0 unspecified atom stereocenters. The standard InChI is InChI=1S/C14H11N5S/c1-9-10(2)20-14(17-9)11-4-3-5-12(6-11)18-19-13(7-15)8-16/h3-6,18H,1-2H3. The molecule has 0 aliphatic rings. The number of anilines is 1. The molecular weight excluding hydrogens is 270 g/mol. The molecule has 0 fully saturated rings. The molecule has 20 heavy (non-hydrogen) atoms. The number of thiazole rings is 1. The number of aromatic nitrogens is 1. The van der Waals surface area contributed by atoms with Crippen molar-refractivity contribution in [1.29, 1.82) is 10.5 Å². The normalized spacial score (nSPS) is 9.40. The number of nitriles is 2. The fourth-order valence-corrected chi connectivity index (χ4v) is 2.42. The molecule has 0 atom stereocenters. The molecule has 1 N–H and O–H groups in total. The summed E-state index contributed by atoms with van der Waals surface area (Å²) in [5.74, 6) is 0. The van der Waals surface area contributed by atoms with Gasteiger partial charge >= 0.3 is 0 Å². The maximum atomic E-state index is 8.62. The minimum atomic E-state index is -0.212. The molecule has 2 aromatic rings. The SMILES string of the molecule is Cc1nc(-c2cccc(NN=C(C#N)C#N)c2)sc1C. The Hall–Kier alpha value is -2.70. The van der Waals surface area contributed by atoms with E-state index >= 15 is 0 Å². The highest BCUT2D eigenvalue weighted by molar-refractivity contribution is 7.15. The van der Waals surface area contributed by atoms with Crippen LogP contribution in [0.25, 0.3) is 10.6 Å².